The molecule has 0 spiro atoms. The average Bonchev–Trinajstić information content (AvgIpc) is 2.59. The second kappa shape index (κ2) is 7.41. The van der Waals surface area contributed by atoms with Crippen molar-refractivity contribution in [1.82, 2.24) is 5.32 Å². The number of carbonyl (C=O) groups is 2. The van der Waals surface area contributed by atoms with Crippen LogP contribution in [0.1, 0.15) is 29.0 Å². The zero-order chi connectivity index (χ0) is 18.8. The summed E-state index contributed by atoms with van der Waals surface area (Å²) in [5, 5.41) is 5.51. The first-order chi connectivity index (χ1) is 12.3. The number of hydrogen-bond donors (Lipinski definition) is 2. The Balaban J connectivity index is 1.91. The summed E-state index contributed by atoms with van der Waals surface area (Å²) in [6, 6.07) is 9.76. The molecule has 3 rings (SSSR count). The highest BCUT2D eigenvalue weighted by molar-refractivity contribution is 9.10. The lowest BCUT2D eigenvalue weighted by molar-refractivity contribution is -0.121. The van der Waals surface area contributed by atoms with E-state index in [1.54, 1.807) is 12.1 Å². The van der Waals surface area contributed by atoms with Gasteiger partial charge in [0.15, 0.2) is 0 Å². The molecule has 0 bridgehead atoms. The minimum atomic E-state index is -0.422. The number of anilines is 1. The summed E-state index contributed by atoms with van der Waals surface area (Å²) < 4.78 is 14.0. The molecular formula is C20H18BrFN2O2. The van der Waals surface area contributed by atoms with Gasteiger partial charge in [0.05, 0.1) is 5.69 Å². The molecule has 2 aromatic carbocycles. The molecule has 0 radical (unpaired) electrons. The third-order valence-electron chi connectivity index (χ3n) is 4.34. The van der Waals surface area contributed by atoms with Crippen LogP contribution in [-0.2, 0) is 9.59 Å². The van der Waals surface area contributed by atoms with E-state index in [-0.39, 0.29) is 24.1 Å². The second-order valence-corrected chi connectivity index (χ2v) is 7.17. The third kappa shape index (κ3) is 3.85. The Morgan fingerprint density at radius 1 is 1.23 bits per heavy atom. The smallest absolute Gasteiger partial charge is 0.253 e. The van der Waals surface area contributed by atoms with Crippen LogP contribution < -0.4 is 10.6 Å². The summed E-state index contributed by atoms with van der Waals surface area (Å²) in [5.74, 6) is -1.26. The maximum Gasteiger partial charge on any atom is 0.253 e. The predicted molar refractivity (Wildman–Crippen MR) is 102 cm³/mol. The van der Waals surface area contributed by atoms with Crippen molar-refractivity contribution < 1.29 is 14.0 Å². The molecule has 0 aliphatic carbocycles. The van der Waals surface area contributed by atoms with Crippen molar-refractivity contribution in [2.24, 2.45) is 0 Å². The van der Waals surface area contributed by atoms with E-state index in [2.05, 4.69) is 26.6 Å². The zero-order valence-electron chi connectivity index (χ0n) is 14.4. The normalized spacial score (nSPS) is 16.7. The molecule has 2 N–H and O–H groups in total. The topological polar surface area (TPSA) is 58.2 Å². The van der Waals surface area contributed by atoms with Crippen LogP contribution in [0.5, 0.6) is 0 Å². The van der Waals surface area contributed by atoms with Gasteiger partial charge in [0.2, 0.25) is 5.91 Å². The van der Waals surface area contributed by atoms with E-state index in [4.69, 9.17) is 0 Å². The van der Waals surface area contributed by atoms with E-state index in [0.29, 0.717) is 11.3 Å². The van der Waals surface area contributed by atoms with Crippen molar-refractivity contribution in [3.63, 3.8) is 0 Å². The second-order valence-electron chi connectivity index (χ2n) is 6.37. The van der Waals surface area contributed by atoms with Gasteiger partial charge in [-0.05, 0) is 64.7 Å². The molecule has 6 heteroatoms. The van der Waals surface area contributed by atoms with Gasteiger partial charge in [0.25, 0.3) is 5.91 Å². The molecule has 0 saturated carbocycles. The fourth-order valence-corrected chi connectivity index (χ4v) is 3.39. The van der Waals surface area contributed by atoms with Crippen LogP contribution in [-0.4, -0.2) is 11.8 Å². The number of aryl methyl sites for hydroxylation is 2. The van der Waals surface area contributed by atoms with Crippen LogP contribution in [0.4, 0.5) is 10.1 Å². The van der Waals surface area contributed by atoms with Crippen molar-refractivity contribution in [3.8, 4) is 0 Å². The lowest BCUT2D eigenvalue weighted by atomic mass is 9.86. The number of halogens is 2. The molecule has 4 nitrogen and oxygen atoms in total. The molecule has 0 saturated heterocycles. The summed E-state index contributed by atoms with van der Waals surface area (Å²) >= 11 is 3.50. The molecule has 1 heterocycles. The maximum atomic E-state index is 13.2. The van der Waals surface area contributed by atoms with E-state index in [9.17, 15) is 14.0 Å². The van der Waals surface area contributed by atoms with Gasteiger partial charge in [-0.2, -0.15) is 0 Å². The van der Waals surface area contributed by atoms with Crippen LogP contribution >= 0.6 is 15.9 Å². The molecule has 2 aromatic rings. The molecule has 1 aliphatic rings. The highest BCUT2D eigenvalue weighted by Gasteiger charge is 2.29. The van der Waals surface area contributed by atoms with Gasteiger partial charge >= 0.3 is 0 Å². The van der Waals surface area contributed by atoms with Crippen molar-refractivity contribution in [1.29, 1.82) is 0 Å². The molecular weight excluding hydrogens is 399 g/mol. The van der Waals surface area contributed by atoms with Gasteiger partial charge in [-0.15, -0.1) is 0 Å². The Hall–Kier alpha value is -2.47. The summed E-state index contributed by atoms with van der Waals surface area (Å²) in [4.78, 5) is 24.7. The van der Waals surface area contributed by atoms with Crippen LogP contribution in [0.2, 0.25) is 0 Å². The van der Waals surface area contributed by atoms with Crippen LogP contribution in [0.15, 0.2) is 52.6 Å². The Bertz CT molecular complexity index is 907. The minimum Gasteiger partial charge on any atom is -0.332 e. The molecule has 0 fully saturated rings. The number of benzene rings is 2. The van der Waals surface area contributed by atoms with Crippen LogP contribution in [0.25, 0.3) is 0 Å². The number of amides is 2. The molecule has 0 aromatic heterocycles. The van der Waals surface area contributed by atoms with E-state index in [0.717, 1.165) is 21.2 Å². The summed E-state index contributed by atoms with van der Waals surface area (Å²) in [6.45, 7) is 3.91. The molecule has 0 unspecified atom stereocenters. The van der Waals surface area contributed by atoms with Gasteiger partial charge in [-0.3, -0.25) is 9.59 Å². The number of hydrogen-bond acceptors (Lipinski definition) is 2. The van der Waals surface area contributed by atoms with Crippen molar-refractivity contribution in [2.45, 2.75) is 26.2 Å². The zero-order valence-corrected chi connectivity index (χ0v) is 16.0. The Kier molecular flexibility index (Phi) is 5.23. The number of carbonyl (C=O) groups excluding carboxylic acids is 2. The van der Waals surface area contributed by atoms with Gasteiger partial charge < -0.3 is 10.6 Å². The summed E-state index contributed by atoms with van der Waals surface area (Å²) in [7, 11) is 0. The van der Waals surface area contributed by atoms with Crippen molar-refractivity contribution in [3.05, 3.63) is 75.2 Å². The predicted octanol–water partition coefficient (Wildman–Crippen LogP) is 4.33. The molecule has 1 atom stereocenters. The van der Waals surface area contributed by atoms with E-state index in [1.807, 2.05) is 26.0 Å². The number of nitrogens with one attached hydrogen (secondary N) is 2. The highest BCUT2D eigenvalue weighted by atomic mass is 79.9. The highest BCUT2D eigenvalue weighted by Crippen LogP contribution is 2.33. The summed E-state index contributed by atoms with van der Waals surface area (Å²) in [5.41, 5.74) is 3.87. The Labute approximate surface area is 159 Å². The monoisotopic (exact) mass is 416 g/mol. The molecule has 26 heavy (non-hydrogen) atoms. The van der Waals surface area contributed by atoms with Crippen molar-refractivity contribution in [2.75, 3.05) is 5.32 Å². The summed E-state index contributed by atoms with van der Waals surface area (Å²) in [6.07, 6.45) is 1.57. The van der Waals surface area contributed by atoms with Crippen LogP contribution in [0.3, 0.4) is 0 Å². The average molecular weight is 417 g/mol. The first-order valence-corrected chi connectivity index (χ1v) is 8.97. The molecule has 2 amide bonds. The number of rotatable bonds is 3. The van der Waals surface area contributed by atoms with E-state index < -0.39 is 5.92 Å². The minimum absolute atomic E-state index is 0.138. The largest absolute Gasteiger partial charge is 0.332 e. The fourth-order valence-electron chi connectivity index (χ4n) is 3.06. The van der Waals surface area contributed by atoms with Gasteiger partial charge in [0.1, 0.15) is 5.82 Å². The lowest BCUT2D eigenvalue weighted by Gasteiger charge is -2.24. The third-order valence-corrected chi connectivity index (χ3v) is 5.39. The SMILES string of the molecule is Cc1cc(C)c(Br)c(NC(=O)C2=CNC(=O)C[C@@H]2c2ccc(F)cc2)c1. The van der Waals surface area contributed by atoms with Gasteiger partial charge in [0, 0.05) is 28.6 Å². The Morgan fingerprint density at radius 2 is 1.92 bits per heavy atom. The quantitative estimate of drug-likeness (QED) is 0.781. The first kappa shape index (κ1) is 18.3. The van der Waals surface area contributed by atoms with Crippen LogP contribution in [0, 0.1) is 19.7 Å². The van der Waals surface area contributed by atoms with Crippen molar-refractivity contribution >= 4 is 33.4 Å². The maximum absolute atomic E-state index is 13.2. The lowest BCUT2D eigenvalue weighted by Crippen LogP contribution is -2.32. The van der Waals surface area contributed by atoms with E-state index in [1.165, 1.54) is 18.3 Å². The van der Waals surface area contributed by atoms with E-state index >= 15 is 0 Å². The molecule has 134 valence electrons. The fraction of sp³-hybridized carbons (Fsp3) is 0.200. The van der Waals surface area contributed by atoms with Gasteiger partial charge in [-0.1, -0.05) is 18.2 Å². The standard InChI is InChI=1S/C20H18BrFN2O2/c1-11-7-12(2)19(21)17(8-11)24-20(26)16-10-23-18(25)9-15(16)13-3-5-14(22)6-4-13/h3-8,10,15H,9H2,1-2H3,(H,23,25)(H,24,26)/t15-/m1/s1. The Morgan fingerprint density at radius 3 is 2.62 bits per heavy atom. The molecule has 1 aliphatic heterocycles. The van der Waals surface area contributed by atoms with Gasteiger partial charge in [-0.25, -0.2) is 4.39 Å². The first-order valence-electron chi connectivity index (χ1n) is 8.18.